The second-order valence-electron chi connectivity index (χ2n) is 7.25. The van der Waals surface area contributed by atoms with Gasteiger partial charge in [0.1, 0.15) is 0 Å². The van der Waals surface area contributed by atoms with Crippen molar-refractivity contribution < 1.29 is 22.7 Å². The molecule has 1 amide bonds. The van der Waals surface area contributed by atoms with Gasteiger partial charge in [0.25, 0.3) is 5.91 Å². The lowest BCUT2D eigenvalue weighted by atomic mass is 10.1. The van der Waals surface area contributed by atoms with Gasteiger partial charge in [0.05, 0.1) is 4.90 Å². The van der Waals surface area contributed by atoms with E-state index in [1.54, 1.807) is 76.5 Å². The Kier molecular flexibility index (Phi) is 8.76. The number of hydrogen-bond acceptors (Lipinski definition) is 5. The maximum Gasteiger partial charge on any atom is 0.307 e. The zero-order valence-electron chi connectivity index (χ0n) is 18.4. The van der Waals surface area contributed by atoms with E-state index < -0.39 is 22.1 Å². The van der Waals surface area contributed by atoms with E-state index in [0.29, 0.717) is 25.1 Å². The lowest BCUT2D eigenvalue weighted by molar-refractivity contribution is -0.159. The predicted octanol–water partition coefficient (Wildman–Crippen LogP) is 3.02. The van der Waals surface area contributed by atoms with E-state index in [1.165, 1.54) is 9.21 Å². The molecule has 2 rings (SSSR count). The first-order chi connectivity index (χ1) is 14.7. The molecule has 168 valence electrons. The molecular formula is C23H30N2O5S. The Morgan fingerprint density at radius 3 is 2.03 bits per heavy atom. The largest absolute Gasteiger partial charge is 0.447 e. The van der Waals surface area contributed by atoms with Gasteiger partial charge in [-0.2, -0.15) is 4.31 Å². The molecule has 0 N–H and O–H groups in total. The van der Waals surface area contributed by atoms with Crippen LogP contribution in [0, 0.1) is 0 Å². The van der Waals surface area contributed by atoms with Crippen LogP contribution < -0.4 is 0 Å². The van der Waals surface area contributed by atoms with Crippen molar-refractivity contribution in [1.82, 2.24) is 9.21 Å². The second-order valence-corrected chi connectivity index (χ2v) is 9.18. The van der Waals surface area contributed by atoms with Gasteiger partial charge in [0.2, 0.25) is 16.1 Å². The summed E-state index contributed by atoms with van der Waals surface area (Å²) < 4.78 is 32.0. The minimum Gasteiger partial charge on any atom is -0.447 e. The summed E-state index contributed by atoms with van der Waals surface area (Å²) in [5.74, 6) is -0.811. The average molecular weight is 447 g/mol. The first-order valence-corrected chi connectivity index (χ1v) is 11.7. The standard InChI is InChI=1S/C23H30N2O5S/c1-5-25(6-2)31(28,29)20-15-12-18(13-16-20)14-17-21(26)30-22(23(27)24(3)4)19-10-8-7-9-11-19/h7-13,15-16,22H,5-6,14,17H2,1-4H3. The lowest BCUT2D eigenvalue weighted by Gasteiger charge is -2.21. The Balaban J connectivity index is 2.04. The Morgan fingerprint density at radius 2 is 1.52 bits per heavy atom. The quantitative estimate of drug-likeness (QED) is 0.524. The fraction of sp³-hybridized carbons (Fsp3) is 0.391. The summed E-state index contributed by atoms with van der Waals surface area (Å²) in [7, 11) is -0.292. The summed E-state index contributed by atoms with van der Waals surface area (Å²) in [6, 6.07) is 15.4. The molecule has 0 saturated heterocycles. The van der Waals surface area contributed by atoms with Crippen LogP contribution in [-0.2, 0) is 30.8 Å². The number of aryl methyl sites for hydroxylation is 1. The highest BCUT2D eigenvalue weighted by molar-refractivity contribution is 7.89. The third kappa shape index (κ3) is 6.38. The summed E-state index contributed by atoms with van der Waals surface area (Å²) in [5, 5.41) is 0. The summed E-state index contributed by atoms with van der Waals surface area (Å²) in [4.78, 5) is 26.5. The van der Waals surface area contributed by atoms with Crippen molar-refractivity contribution in [1.29, 1.82) is 0 Å². The third-order valence-electron chi connectivity index (χ3n) is 4.90. The highest BCUT2D eigenvalue weighted by atomic mass is 32.2. The smallest absolute Gasteiger partial charge is 0.307 e. The number of likely N-dealkylation sites (N-methyl/N-ethyl adjacent to an activating group) is 1. The number of nitrogens with zero attached hydrogens (tertiary/aromatic N) is 2. The monoisotopic (exact) mass is 446 g/mol. The van der Waals surface area contributed by atoms with E-state index >= 15 is 0 Å². The number of sulfonamides is 1. The summed E-state index contributed by atoms with van der Waals surface area (Å²) in [6.07, 6.45) is -0.542. The molecule has 31 heavy (non-hydrogen) atoms. The molecule has 0 saturated carbocycles. The molecule has 0 aliphatic carbocycles. The van der Waals surface area contributed by atoms with Crippen molar-refractivity contribution in [3.05, 3.63) is 65.7 Å². The van der Waals surface area contributed by atoms with Crippen LogP contribution >= 0.6 is 0 Å². The summed E-state index contributed by atoms with van der Waals surface area (Å²) in [6.45, 7) is 4.40. The molecule has 0 radical (unpaired) electrons. The zero-order valence-corrected chi connectivity index (χ0v) is 19.3. The minimum absolute atomic E-state index is 0.0756. The highest BCUT2D eigenvalue weighted by Crippen LogP contribution is 2.21. The van der Waals surface area contributed by atoms with Crippen molar-refractivity contribution in [2.75, 3.05) is 27.2 Å². The van der Waals surface area contributed by atoms with Gasteiger partial charge in [-0.1, -0.05) is 56.3 Å². The third-order valence-corrected chi connectivity index (χ3v) is 6.97. The number of amides is 1. The molecule has 8 heteroatoms. The van der Waals surface area contributed by atoms with E-state index in [-0.39, 0.29) is 17.2 Å². The van der Waals surface area contributed by atoms with E-state index in [2.05, 4.69) is 0 Å². The Bertz CT molecular complexity index is 969. The minimum atomic E-state index is -3.51. The number of carbonyl (C=O) groups is 2. The molecule has 0 bridgehead atoms. The van der Waals surface area contributed by atoms with Gasteiger partial charge in [-0.05, 0) is 24.1 Å². The number of ether oxygens (including phenoxy) is 1. The molecule has 1 atom stereocenters. The van der Waals surface area contributed by atoms with Crippen molar-refractivity contribution in [2.24, 2.45) is 0 Å². The van der Waals surface area contributed by atoms with Crippen molar-refractivity contribution >= 4 is 21.9 Å². The molecule has 0 aliphatic heterocycles. The molecule has 0 aliphatic rings. The number of esters is 1. The number of hydrogen-bond donors (Lipinski definition) is 0. The molecule has 7 nitrogen and oxygen atoms in total. The van der Waals surface area contributed by atoms with Crippen molar-refractivity contribution in [3.8, 4) is 0 Å². The van der Waals surface area contributed by atoms with E-state index in [4.69, 9.17) is 4.74 Å². The van der Waals surface area contributed by atoms with Gasteiger partial charge in [-0.15, -0.1) is 0 Å². The average Bonchev–Trinajstić information content (AvgIpc) is 2.77. The molecular weight excluding hydrogens is 416 g/mol. The Labute approximate surface area is 184 Å². The molecule has 0 fully saturated rings. The van der Waals surface area contributed by atoms with E-state index in [9.17, 15) is 18.0 Å². The lowest BCUT2D eigenvalue weighted by Crippen LogP contribution is -2.31. The number of benzene rings is 2. The van der Waals surface area contributed by atoms with Gasteiger partial charge in [0, 0.05) is 39.2 Å². The van der Waals surface area contributed by atoms with Crippen LogP contribution in [0.5, 0.6) is 0 Å². The van der Waals surface area contributed by atoms with Gasteiger partial charge in [0.15, 0.2) is 0 Å². The predicted molar refractivity (Wildman–Crippen MR) is 119 cm³/mol. The van der Waals surface area contributed by atoms with Gasteiger partial charge in [-0.25, -0.2) is 8.42 Å². The molecule has 2 aromatic carbocycles. The second kappa shape index (κ2) is 11.1. The van der Waals surface area contributed by atoms with Crippen LogP contribution in [0.15, 0.2) is 59.5 Å². The molecule has 2 aromatic rings. The molecule has 0 aromatic heterocycles. The van der Waals surface area contributed by atoms with Crippen molar-refractivity contribution in [3.63, 3.8) is 0 Å². The molecule has 0 heterocycles. The van der Waals surface area contributed by atoms with Gasteiger partial charge in [-0.3, -0.25) is 9.59 Å². The van der Waals surface area contributed by atoms with Crippen LogP contribution in [-0.4, -0.2) is 56.7 Å². The van der Waals surface area contributed by atoms with Gasteiger partial charge < -0.3 is 9.64 Å². The van der Waals surface area contributed by atoms with Crippen LogP contribution in [0.4, 0.5) is 0 Å². The highest BCUT2D eigenvalue weighted by Gasteiger charge is 2.26. The fourth-order valence-corrected chi connectivity index (χ4v) is 4.56. The van der Waals surface area contributed by atoms with Crippen LogP contribution in [0.2, 0.25) is 0 Å². The van der Waals surface area contributed by atoms with Gasteiger partial charge >= 0.3 is 5.97 Å². The first-order valence-electron chi connectivity index (χ1n) is 10.2. The zero-order chi connectivity index (χ0) is 23.0. The molecule has 0 spiro atoms. The molecule has 1 unspecified atom stereocenters. The van der Waals surface area contributed by atoms with E-state index in [1.807, 2.05) is 6.07 Å². The summed E-state index contributed by atoms with van der Waals surface area (Å²) >= 11 is 0. The first kappa shape index (κ1) is 24.6. The van der Waals surface area contributed by atoms with Crippen LogP contribution in [0.25, 0.3) is 0 Å². The Hall–Kier alpha value is -2.71. The maximum atomic E-state index is 12.6. The number of rotatable bonds is 10. The fourth-order valence-electron chi connectivity index (χ4n) is 3.10. The Morgan fingerprint density at radius 1 is 0.935 bits per heavy atom. The van der Waals surface area contributed by atoms with Crippen molar-refractivity contribution in [2.45, 2.75) is 37.7 Å². The summed E-state index contributed by atoms with van der Waals surface area (Å²) in [5.41, 5.74) is 1.42. The maximum absolute atomic E-state index is 12.6. The van der Waals surface area contributed by atoms with Crippen LogP contribution in [0.3, 0.4) is 0 Å². The van der Waals surface area contributed by atoms with E-state index in [0.717, 1.165) is 5.56 Å². The number of carbonyl (C=O) groups excluding carboxylic acids is 2. The SMILES string of the molecule is CCN(CC)S(=O)(=O)c1ccc(CCC(=O)OC(C(=O)N(C)C)c2ccccc2)cc1. The topological polar surface area (TPSA) is 84.0 Å². The van der Waals surface area contributed by atoms with Crippen LogP contribution in [0.1, 0.15) is 37.5 Å². The normalized spacial score (nSPS) is 12.4.